The summed E-state index contributed by atoms with van der Waals surface area (Å²) in [7, 11) is 0. The number of pyridine rings is 1. The van der Waals surface area contributed by atoms with E-state index in [0.717, 1.165) is 10.2 Å². The Kier molecular flexibility index (Phi) is 3.28. The van der Waals surface area contributed by atoms with Gasteiger partial charge in [0.1, 0.15) is 5.82 Å². The molecule has 88 valence electrons. The number of aromatic nitrogens is 1. The van der Waals surface area contributed by atoms with Gasteiger partial charge >= 0.3 is 0 Å². The van der Waals surface area contributed by atoms with E-state index in [9.17, 15) is 4.39 Å². The summed E-state index contributed by atoms with van der Waals surface area (Å²) in [5.41, 5.74) is 6.84. The molecular formula is C12H10BrFN2O. The van der Waals surface area contributed by atoms with Gasteiger partial charge in [-0.3, -0.25) is 0 Å². The molecule has 1 aromatic heterocycles. The number of hydrogen-bond donors (Lipinski definition) is 1. The first-order valence-electron chi connectivity index (χ1n) is 4.92. The lowest BCUT2D eigenvalue weighted by Crippen LogP contribution is -1.95. The number of nitrogens with zero attached hydrogens (tertiary/aromatic N) is 1. The molecule has 0 unspecified atom stereocenters. The summed E-state index contributed by atoms with van der Waals surface area (Å²) < 4.78 is 19.3. The van der Waals surface area contributed by atoms with E-state index in [2.05, 4.69) is 20.9 Å². The lowest BCUT2D eigenvalue weighted by atomic mass is 10.3. The molecule has 2 aromatic rings. The minimum absolute atomic E-state index is 0.263. The van der Waals surface area contributed by atoms with E-state index < -0.39 is 5.82 Å². The van der Waals surface area contributed by atoms with Crippen LogP contribution in [0.4, 0.5) is 10.1 Å². The summed E-state index contributed by atoms with van der Waals surface area (Å²) in [5.74, 6) is 0.241. The maximum atomic E-state index is 13.0. The van der Waals surface area contributed by atoms with E-state index in [0.29, 0.717) is 11.6 Å². The number of ether oxygens (including phenoxy) is 1. The molecule has 3 nitrogen and oxygen atoms in total. The smallest absolute Gasteiger partial charge is 0.219 e. The molecule has 0 fully saturated rings. The van der Waals surface area contributed by atoms with Gasteiger partial charge in [0.15, 0.2) is 5.75 Å². The Morgan fingerprint density at radius 1 is 1.29 bits per heavy atom. The van der Waals surface area contributed by atoms with E-state index in [-0.39, 0.29) is 5.75 Å². The van der Waals surface area contributed by atoms with E-state index in [1.165, 1.54) is 18.2 Å². The molecule has 2 rings (SSSR count). The van der Waals surface area contributed by atoms with Crippen LogP contribution in [-0.2, 0) is 0 Å². The molecule has 0 bridgehead atoms. The van der Waals surface area contributed by atoms with Gasteiger partial charge in [-0.2, -0.15) is 0 Å². The van der Waals surface area contributed by atoms with Crippen molar-refractivity contribution in [1.82, 2.24) is 4.98 Å². The van der Waals surface area contributed by atoms with Gasteiger partial charge in [-0.15, -0.1) is 0 Å². The highest BCUT2D eigenvalue weighted by Gasteiger charge is 2.06. The minimum Gasteiger partial charge on any atom is -0.437 e. The zero-order valence-corrected chi connectivity index (χ0v) is 10.7. The van der Waals surface area contributed by atoms with Crippen molar-refractivity contribution in [3.63, 3.8) is 0 Å². The third kappa shape index (κ3) is 2.74. The van der Waals surface area contributed by atoms with Crippen LogP contribution >= 0.6 is 15.9 Å². The zero-order chi connectivity index (χ0) is 12.4. The molecule has 0 saturated carbocycles. The van der Waals surface area contributed by atoms with E-state index in [1.54, 1.807) is 6.07 Å². The minimum atomic E-state index is -0.400. The summed E-state index contributed by atoms with van der Waals surface area (Å²) in [6, 6.07) is 7.46. The van der Waals surface area contributed by atoms with Crippen LogP contribution in [0, 0.1) is 12.7 Å². The van der Waals surface area contributed by atoms with E-state index >= 15 is 0 Å². The molecule has 5 heteroatoms. The lowest BCUT2D eigenvalue weighted by molar-refractivity contribution is 0.459. The van der Waals surface area contributed by atoms with E-state index in [1.807, 2.05) is 13.0 Å². The SMILES string of the molecule is Cc1nc(Oc2cc(F)ccc2N)ccc1Br. The van der Waals surface area contributed by atoms with Crippen LogP contribution in [0.3, 0.4) is 0 Å². The number of benzene rings is 1. The fraction of sp³-hybridized carbons (Fsp3) is 0.0833. The average molecular weight is 297 g/mol. The van der Waals surface area contributed by atoms with Crippen molar-refractivity contribution in [2.45, 2.75) is 6.92 Å². The van der Waals surface area contributed by atoms with Crippen molar-refractivity contribution in [2.75, 3.05) is 5.73 Å². The normalized spacial score (nSPS) is 10.3. The summed E-state index contributed by atoms with van der Waals surface area (Å²) in [6.45, 7) is 1.84. The molecule has 1 aromatic carbocycles. The molecule has 17 heavy (non-hydrogen) atoms. The van der Waals surface area contributed by atoms with Crippen molar-refractivity contribution in [1.29, 1.82) is 0 Å². The molecule has 0 atom stereocenters. The van der Waals surface area contributed by atoms with Crippen molar-refractivity contribution in [2.24, 2.45) is 0 Å². The van der Waals surface area contributed by atoms with Crippen LogP contribution < -0.4 is 10.5 Å². The first-order chi connectivity index (χ1) is 8.06. The quantitative estimate of drug-likeness (QED) is 0.860. The summed E-state index contributed by atoms with van der Waals surface area (Å²) in [6.07, 6.45) is 0. The highest BCUT2D eigenvalue weighted by Crippen LogP contribution is 2.28. The van der Waals surface area contributed by atoms with Gasteiger partial charge in [-0.25, -0.2) is 9.37 Å². The van der Waals surface area contributed by atoms with Crippen molar-refractivity contribution < 1.29 is 9.13 Å². The second kappa shape index (κ2) is 4.71. The number of anilines is 1. The standard InChI is InChI=1S/C12H10BrFN2O/c1-7-9(13)3-5-12(16-7)17-11-6-8(14)2-4-10(11)15/h2-6H,15H2,1H3. The van der Waals surface area contributed by atoms with Crippen LogP contribution in [0.1, 0.15) is 5.69 Å². The molecule has 0 aliphatic carbocycles. The molecule has 0 saturated heterocycles. The molecule has 2 N–H and O–H groups in total. The van der Waals surface area contributed by atoms with Crippen molar-refractivity contribution >= 4 is 21.6 Å². The predicted octanol–water partition coefficient (Wildman–Crippen LogP) is 3.67. The highest BCUT2D eigenvalue weighted by molar-refractivity contribution is 9.10. The van der Waals surface area contributed by atoms with Crippen LogP contribution in [0.15, 0.2) is 34.8 Å². The van der Waals surface area contributed by atoms with Crippen LogP contribution in [0.25, 0.3) is 0 Å². The number of hydrogen-bond acceptors (Lipinski definition) is 3. The summed E-state index contributed by atoms with van der Waals surface area (Å²) in [4.78, 5) is 4.19. The van der Waals surface area contributed by atoms with Gasteiger partial charge < -0.3 is 10.5 Å². The maximum absolute atomic E-state index is 13.0. The number of aryl methyl sites for hydroxylation is 1. The molecule has 0 radical (unpaired) electrons. The predicted molar refractivity (Wildman–Crippen MR) is 67.6 cm³/mol. The number of nitrogens with two attached hydrogens (primary N) is 1. The third-order valence-corrected chi connectivity index (χ3v) is 3.02. The first-order valence-corrected chi connectivity index (χ1v) is 5.71. The monoisotopic (exact) mass is 296 g/mol. The van der Waals surface area contributed by atoms with Crippen molar-refractivity contribution in [3.05, 3.63) is 46.3 Å². The molecule has 0 aliphatic rings. The molecule has 0 aliphatic heterocycles. The fourth-order valence-electron chi connectivity index (χ4n) is 1.29. The largest absolute Gasteiger partial charge is 0.437 e. The van der Waals surface area contributed by atoms with Gasteiger partial charge in [-0.1, -0.05) is 0 Å². The van der Waals surface area contributed by atoms with Crippen LogP contribution in [0.5, 0.6) is 11.6 Å². The van der Waals surface area contributed by atoms with Gasteiger partial charge in [-0.05, 0) is 41.1 Å². The number of nitrogen functional groups attached to an aromatic ring is 1. The fourth-order valence-corrected chi connectivity index (χ4v) is 1.51. The van der Waals surface area contributed by atoms with Gasteiger partial charge in [0.25, 0.3) is 0 Å². The first kappa shape index (κ1) is 11.9. The molecule has 0 spiro atoms. The topological polar surface area (TPSA) is 48.1 Å². The molecule has 1 heterocycles. The van der Waals surface area contributed by atoms with Crippen LogP contribution in [-0.4, -0.2) is 4.98 Å². The Labute approximate surface area is 107 Å². The Morgan fingerprint density at radius 2 is 2.06 bits per heavy atom. The Bertz CT molecular complexity index is 560. The Morgan fingerprint density at radius 3 is 2.76 bits per heavy atom. The van der Waals surface area contributed by atoms with Gasteiger partial charge in [0.2, 0.25) is 5.88 Å². The third-order valence-electron chi connectivity index (χ3n) is 2.19. The second-order valence-corrected chi connectivity index (χ2v) is 4.36. The lowest BCUT2D eigenvalue weighted by Gasteiger charge is -2.08. The van der Waals surface area contributed by atoms with Crippen molar-refractivity contribution in [3.8, 4) is 11.6 Å². The van der Waals surface area contributed by atoms with Gasteiger partial charge in [0, 0.05) is 16.6 Å². The zero-order valence-electron chi connectivity index (χ0n) is 9.08. The molecular weight excluding hydrogens is 287 g/mol. The van der Waals surface area contributed by atoms with Crippen LogP contribution in [0.2, 0.25) is 0 Å². The maximum Gasteiger partial charge on any atom is 0.219 e. The summed E-state index contributed by atoms with van der Waals surface area (Å²) in [5, 5.41) is 0. The summed E-state index contributed by atoms with van der Waals surface area (Å²) >= 11 is 3.34. The number of rotatable bonds is 2. The second-order valence-electron chi connectivity index (χ2n) is 3.50. The van der Waals surface area contributed by atoms with E-state index in [4.69, 9.17) is 10.5 Å². The Hall–Kier alpha value is -1.62. The highest BCUT2D eigenvalue weighted by atomic mass is 79.9. The van der Waals surface area contributed by atoms with Gasteiger partial charge in [0.05, 0.1) is 11.4 Å². The number of halogens is 2. The average Bonchev–Trinajstić information content (AvgIpc) is 2.29. The Balaban J connectivity index is 2.31. The molecule has 0 amide bonds.